The molecule has 1 saturated heterocycles. The fourth-order valence-electron chi connectivity index (χ4n) is 3.37. The summed E-state index contributed by atoms with van der Waals surface area (Å²) in [5, 5.41) is 0. The molecule has 0 aromatic heterocycles. The van der Waals surface area contributed by atoms with Crippen LogP contribution >= 0.6 is 15.9 Å². The van der Waals surface area contributed by atoms with Crippen LogP contribution < -0.4 is 0 Å². The summed E-state index contributed by atoms with van der Waals surface area (Å²) in [6.45, 7) is 12.2. The zero-order valence-corrected chi connectivity index (χ0v) is 19.7. The van der Waals surface area contributed by atoms with Crippen molar-refractivity contribution in [3.63, 3.8) is 0 Å². The molecular formula is C20H32BrN3O3S. The summed E-state index contributed by atoms with van der Waals surface area (Å²) in [5.41, 5.74) is 0. The van der Waals surface area contributed by atoms with E-state index in [1.54, 1.807) is 24.3 Å². The Morgan fingerprint density at radius 3 is 2.07 bits per heavy atom. The van der Waals surface area contributed by atoms with Crippen molar-refractivity contribution in [3.05, 3.63) is 28.7 Å². The molecule has 28 heavy (non-hydrogen) atoms. The highest BCUT2D eigenvalue weighted by Gasteiger charge is 2.31. The first kappa shape index (κ1) is 23.3. The Labute approximate surface area is 178 Å². The molecule has 2 rings (SSSR count). The average Bonchev–Trinajstić information content (AvgIpc) is 2.61. The summed E-state index contributed by atoms with van der Waals surface area (Å²) >= 11 is 3.33. The van der Waals surface area contributed by atoms with E-state index in [4.69, 9.17) is 0 Å². The second-order valence-corrected chi connectivity index (χ2v) is 11.0. The third kappa shape index (κ3) is 6.27. The van der Waals surface area contributed by atoms with E-state index in [2.05, 4.69) is 48.5 Å². The molecule has 158 valence electrons. The summed E-state index contributed by atoms with van der Waals surface area (Å²) in [6, 6.07) is 6.88. The first-order valence-electron chi connectivity index (χ1n) is 9.86. The summed E-state index contributed by atoms with van der Waals surface area (Å²) in [4.78, 5) is 17.1. The zero-order chi connectivity index (χ0) is 20.9. The Bertz CT molecular complexity index is 750. The highest BCUT2D eigenvalue weighted by atomic mass is 79.9. The predicted molar refractivity (Wildman–Crippen MR) is 116 cm³/mol. The smallest absolute Gasteiger partial charge is 0.244 e. The van der Waals surface area contributed by atoms with Gasteiger partial charge < -0.3 is 4.90 Å². The van der Waals surface area contributed by atoms with Crippen LogP contribution in [-0.4, -0.2) is 74.2 Å². The molecule has 0 radical (unpaired) electrons. The van der Waals surface area contributed by atoms with Crippen LogP contribution in [0.1, 0.15) is 27.7 Å². The maximum atomic E-state index is 12.9. The molecule has 8 heteroatoms. The first-order valence-corrected chi connectivity index (χ1v) is 12.1. The van der Waals surface area contributed by atoms with E-state index in [9.17, 15) is 13.2 Å². The van der Waals surface area contributed by atoms with Crippen molar-refractivity contribution in [2.45, 2.75) is 32.6 Å². The van der Waals surface area contributed by atoms with Crippen LogP contribution in [0.15, 0.2) is 33.6 Å². The lowest BCUT2D eigenvalue weighted by atomic mass is 10.1. The van der Waals surface area contributed by atoms with E-state index < -0.39 is 10.0 Å². The number of amides is 1. The average molecular weight is 474 g/mol. The quantitative estimate of drug-likeness (QED) is 0.582. The molecule has 1 aliphatic heterocycles. The highest BCUT2D eigenvalue weighted by molar-refractivity contribution is 9.10. The molecule has 0 N–H and O–H groups in total. The van der Waals surface area contributed by atoms with E-state index in [1.807, 2.05) is 4.90 Å². The first-order chi connectivity index (χ1) is 13.1. The summed E-state index contributed by atoms with van der Waals surface area (Å²) in [7, 11) is -3.53. The van der Waals surface area contributed by atoms with Crippen molar-refractivity contribution in [3.8, 4) is 0 Å². The molecule has 0 saturated carbocycles. The molecule has 0 spiro atoms. The maximum absolute atomic E-state index is 12.9. The number of carbonyl (C=O) groups is 1. The molecular weight excluding hydrogens is 442 g/mol. The van der Waals surface area contributed by atoms with Crippen LogP contribution in [0.3, 0.4) is 0 Å². The Balaban J connectivity index is 1.96. The molecule has 1 fully saturated rings. The molecule has 0 aliphatic carbocycles. The fourth-order valence-corrected chi connectivity index (χ4v) is 5.76. The minimum absolute atomic E-state index is 0.129. The lowest BCUT2D eigenvalue weighted by Crippen LogP contribution is -2.52. The van der Waals surface area contributed by atoms with Gasteiger partial charge in [0.1, 0.15) is 0 Å². The normalized spacial score (nSPS) is 16.7. The van der Waals surface area contributed by atoms with Crippen molar-refractivity contribution in [1.82, 2.24) is 14.1 Å². The van der Waals surface area contributed by atoms with Gasteiger partial charge in [-0.15, -0.1) is 0 Å². The topological polar surface area (TPSA) is 60.9 Å². The van der Waals surface area contributed by atoms with Gasteiger partial charge in [0.15, 0.2) is 0 Å². The van der Waals surface area contributed by atoms with Gasteiger partial charge in [-0.25, -0.2) is 8.42 Å². The Morgan fingerprint density at radius 1 is 1.04 bits per heavy atom. The van der Waals surface area contributed by atoms with Gasteiger partial charge in [-0.3, -0.25) is 9.69 Å². The Kier molecular flexibility index (Phi) is 8.48. The molecule has 1 heterocycles. The second kappa shape index (κ2) is 10.2. The lowest BCUT2D eigenvalue weighted by molar-refractivity contribution is -0.133. The number of halogens is 1. The Hall–Kier alpha value is -0.960. The van der Waals surface area contributed by atoms with Gasteiger partial charge in [0.05, 0.1) is 11.4 Å². The molecule has 6 nitrogen and oxygen atoms in total. The van der Waals surface area contributed by atoms with Crippen molar-refractivity contribution < 1.29 is 13.2 Å². The number of hydrogen-bond donors (Lipinski definition) is 0. The minimum atomic E-state index is -3.53. The van der Waals surface area contributed by atoms with Crippen LogP contribution in [0, 0.1) is 11.8 Å². The van der Waals surface area contributed by atoms with Gasteiger partial charge >= 0.3 is 0 Å². The SMILES string of the molecule is CC(C)CN(CC(C)C)C(=O)CN1CCN(S(=O)(=O)c2ccccc2Br)CC1. The molecule has 0 atom stereocenters. The molecule has 1 amide bonds. The van der Waals surface area contributed by atoms with Gasteiger partial charge in [0.2, 0.25) is 15.9 Å². The largest absolute Gasteiger partial charge is 0.341 e. The van der Waals surface area contributed by atoms with Gasteiger partial charge in [-0.2, -0.15) is 4.31 Å². The second-order valence-electron chi connectivity index (χ2n) is 8.20. The third-order valence-corrected chi connectivity index (χ3v) is 7.58. The minimum Gasteiger partial charge on any atom is -0.341 e. The van der Waals surface area contributed by atoms with Crippen LogP contribution in [0.4, 0.5) is 0 Å². The molecule has 0 unspecified atom stereocenters. The van der Waals surface area contributed by atoms with Gasteiger partial charge in [-0.1, -0.05) is 39.8 Å². The van der Waals surface area contributed by atoms with Gasteiger partial charge in [0, 0.05) is 43.7 Å². The predicted octanol–water partition coefficient (Wildman–Crippen LogP) is 2.90. The molecule has 1 aliphatic rings. The monoisotopic (exact) mass is 473 g/mol. The van der Waals surface area contributed by atoms with E-state index in [1.165, 1.54) is 4.31 Å². The lowest BCUT2D eigenvalue weighted by Gasteiger charge is -2.35. The molecule has 0 bridgehead atoms. The van der Waals surface area contributed by atoms with Crippen LogP contribution in [0.25, 0.3) is 0 Å². The number of nitrogens with zero attached hydrogens (tertiary/aromatic N) is 3. The van der Waals surface area contributed by atoms with Crippen molar-refractivity contribution in [2.24, 2.45) is 11.8 Å². The van der Waals surface area contributed by atoms with E-state index in [-0.39, 0.29) is 5.91 Å². The van der Waals surface area contributed by atoms with Crippen molar-refractivity contribution in [2.75, 3.05) is 45.8 Å². The Morgan fingerprint density at radius 2 is 1.57 bits per heavy atom. The summed E-state index contributed by atoms with van der Waals surface area (Å²) in [6.07, 6.45) is 0. The number of carbonyl (C=O) groups excluding carboxylic acids is 1. The third-order valence-electron chi connectivity index (χ3n) is 4.67. The summed E-state index contributed by atoms with van der Waals surface area (Å²) in [5.74, 6) is 0.979. The van der Waals surface area contributed by atoms with E-state index in [0.717, 1.165) is 13.1 Å². The van der Waals surface area contributed by atoms with Crippen molar-refractivity contribution in [1.29, 1.82) is 0 Å². The molecule has 1 aromatic carbocycles. The van der Waals surface area contributed by atoms with Crippen LogP contribution in [-0.2, 0) is 14.8 Å². The van der Waals surface area contributed by atoms with Crippen LogP contribution in [0.5, 0.6) is 0 Å². The fraction of sp³-hybridized carbons (Fsp3) is 0.650. The van der Waals surface area contributed by atoms with Gasteiger partial charge in [0.25, 0.3) is 0 Å². The van der Waals surface area contributed by atoms with Crippen LogP contribution in [0.2, 0.25) is 0 Å². The molecule has 1 aromatic rings. The number of piperazine rings is 1. The number of benzene rings is 1. The van der Waals surface area contributed by atoms with E-state index >= 15 is 0 Å². The standard InChI is InChI=1S/C20H32BrN3O3S/c1-16(2)13-23(14-17(3)4)20(25)15-22-9-11-24(12-10-22)28(26,27)19-8-6-5-7-18(19)21/h5-8,16-17H,9-15H2,1-4H3. The number of rotatable bonds is 8. The number of hydrogen-bond acceptors (Lipinski definition) is 4. The maximum Gasteiger partial charge on any atom is 0.244 e. The summed E-state index contributed by atoms with van der Waals surface area (Å²) < 4.78 is 27.9. The van der Waals surface area contributed by atoms with Gasteiger partial charge in [-0.05, 0) is 39.9 Å². The van der Waals surface area contributed by atoms with Crippen molar-refractivity contribution >= 4 is 31.9 Å². The highest BCUT2D eigenvalue weighted by Crippen LogP contribution is 2.25. The number of sulfonamides is 1. The zero-order valence-electron chi connectivity index (χ0n) is 17.3. The van der Waals surface area contributed by atoms with E-state index in [0.29, 0.717) is 53.9 Å².